The smallest absolute Gasteiger partial charge is 0.319 e. The maximum absolute atomic E-state index is 12.5. The van der Waals surface area contributed by atoms with Gasteiger partial charge in [0.2, 0.25) is 5.91 Å². The Morgan fingerprint density at radius 3 is 2.30 bits per heavy atom. The molecule has 0 heterocycles. The molecule has 7 heteroatoms. The lowest BCUT2D eigenvalue weighted by Crippen LogP contribution is -2.38. The molecule has 2 aromatic rings. The highest BCUT2D eigenvalue weighted by molar-refractivity contribution is 8.01. The third-order valence-corrected chi connectivity index (χ3v) is 5.53. The summed E-state index contributed by atoms with van der Waals surface area (Å²) in [6.07, 6.45) is -0.893. The molecule has 6 nitrogen and oxygen atoms in total. The molecule has 0 radical (unpaired) electrons. The fourth-order valence-electron chi connectivity index (χ4n) is 2.67. The van der Waals surface area contributed by atoms with E-state index in [1.807, 2.05) is 61.5 Å². The Morgan fingerprint density at radius 1 is 1.03 bits per heavy atom. The first kappa shape index (κ1) is 23.5. The SMILES string of the molecule is Cc1ccc(NC(=O)CSC(C)C(=O)OC(C)C(=O)N(C)Cc2ccccc2)cc1. The molecule has 0 aliphatic heterocycles. The summed E-state index contributed by atoms with van der Waals surface area (Å²) < 4.78 is 5.31. The Hall–Kier alpha value is -2.80. The van der Waals surface area contributed by atoms with Crippen molar-refractivity contribution in [2.45, 2.75) is 38.7 Å². The van der Waals surface area contributed by atoms with Crippen molar-refractivity contribution >= 4 is 35.2 Å². The van der Waals surface area contributed by atoms with Crippen LogP contribution in [0, 0.1) is 6.92 Å². The Kier molecular flexibility index (Phi) is 8.92. The molecule has 2 atom stereocenters. The number of aryl methyl sites for hydroxylation is 1. The highest BCUT2D eigenvalue weighted by Gasteiger charge is 2.25. The molecule has 0 fully saturated rings. The number of nitrogens with zero attached hydrogens (tertiary/aromatic N) is 1. The van der Waals surface area contributed by atoms with E-state index in [1.54, 1.807) is 20.9 Å². The van der Waals surface area contributed by atoms with Crippen molar-refractivity contribution in [1.29, 1.82) is 0 Å². The van der Waals surface area contributed by atoms with Crippen LogP contribution in [0.3, 0.4) is 0 Å². The zero-order valence-electron chi connectivity index (χ0n) is 17.8. The average molecular weight is 429 g/mol. The highest BCUT2D eigenvalue weighted by atomic mass is 32.2. The van der Waals surface area contributed by atoms with E-state index >= 15 is 0 Å². The summed E-state index contributed by atoms with van der Waals surface area (Å²) in [7, 11) is 1.67. The number of ether oxygens (including phenoxy) is 1. The first-order chi connectivity index (χ1) is 14.3. The second kappa shape index (κ2) is 11.4. The van der Waals surface area contributed by atoms with Crippen molar-refractivity contribution in [3.8, 4) is 0 Å². The lowest BCUT2D eigenvalue weighted by Gasteiger charge is -2.22. The van der Waals surface area contributed by atoms with Crippen molar-refractivity contribution in [3.63, 3.8) is 0 Å². The normalized spacial score (nSPS) is 12.5. The number of likely N-dealkylation sites (N-methyl/N-ethyl adjacent to an activating group) is 1. The van der Waals surface area contributed by atoms with Gasteiger partial charge in [-0.3, -0.25) is 14.4 Å². The molecule has 2 unspecified atom stereocenters. The van der Waals surface area contributed by atoms with Gasteiger partial charge in [-0.15, -0.1) is 11.8 Å². The predicted octanol–water partition coefficient (Wildman–Crippen LogP) is 3.65. The molecule has 0 bridgehead atoms. The van der Waals surface area contributed by atoms with Gasteiger partial charge in [0.1, 0.15) is 5.25 Å². The number of benzene rings is 2. The Labute approximate surface area is 182 Å². The van der Waals surface area contributed by atoms with Crippen LogP contribution in [0.2, 0.25) is 0 Å². The molecule has 0 saturated heterocycles. The van der Waals surface area contributed by atoms with E-state index in [1.165, 1.54) is 16.7 Å². The number of carbonyl (C=O) groups excluding carboxylic acids is 3. The van der Waals surface area contributed by atoms with Crippen LogP contribution in [-0.4, -0.2) is 46.8 Å². The largest absolute Gasteiger partial charge is 0.452 e. The van der Waals surface area contributed by atoms with Gasteiger partial charge in [-0.05, 0) is 38.5 Å². The Morgan fingerprint density at radius 2 is 1.67 bits per heavy atom. The zero-order chi connectivity index (χ0) is 22.1. The molecule has 1 N–H and O–H groups in total. The molecule has 2 rings (SSSR count). The minimum Gasteiger partial charge on any atom is -0.452 e. The van der Waals surface area contributed by atoms with Crippen molar-refractivity contribution in [1.82, 2.24) is 4.90 Å². The average Bonchev–Trinajstić information content (AvgIpc) is 2.73. The second-order valence-corrected chi connectivity index (χ2v) is 8.46. The van der Waals surface area contributed by atoms with Crippen LogP contribution < -0.4 is 5.32 Å². The quantitative estimate of drug-likeness (QED) is 0.617. The number of nitrogens with one attached hydrogen (secondary N) is 1. The van der Waals surface area contributed by atoms with Crippen molar-refractivity contribution in [3.05, 3.63) is 65.7 Å². The fourth-order valence-corrected chi connectivity index (χ4v) is 3.33. The van der Waals surface area contributed by atoms with E-state index < -0.39 is 17.3 Å². The van der Waals surface area contributed by atoms with Crippen LogP contribution in [0.1, 0.15) is 25.0 Å². The van der Waals surface area contributed by atoms with Gasteiger partial charge in [0.25, 0.3) is 5.91 Å². The molecular formula is C23H28N2O4S. The predicted molar refractivity (Wildman–Crippen MR) is 120 cm³/mol. The lowest BCUT2D eigenvalue weighted by atomic mass is 10.2. The van der Waals surface area contributed by atoms with Gasteiger partial charge in [0.05, 0.1) is 5.75 Å². The van der Waals surface area contributed by atoms with Gasteiger partial charge < -0.3 is 15.0 Å². The van der Waals surface area contributed by atoms with Crippen LogP contribution in [0.25, 0.3) is 0 Å². The molecule has 2 aromatic carbocycles. The third-order valence-electron chi connectivity index (χ3n) is 4.41. The van der Waals surface area contributed by atoms with Crippen LogP contribution in [-0.2, 0) is 25.7 Å². The number of carbonyl (C=O) groups is 3. The van der Waals surface area contributed by atoms with E-state index in [9.17, 15) is 14.4 Å². The summed E-state index contributed by atoms with van der Waals surface area (Å²) in [6, 6.07) is 17.1. The van der Waals surface area contributed by atoms with Gasteiger partial charge in [-0.25, -0.2) is 0 Å². The van der Waals surface area contributed by atoms with E-state index in [4.69, 9.17) is 4.74 Å². The minimum absolute atomic E-state index is 0.111. The third kappa shape index (κ3) is 7.55. The van der Waals surface area contributed by atoms with E-state index in [2.05, 4.69) is 5.32 Å². The number of anilines is 1. The first-order valence-electron chi connectivity index (χ1n) is 9.73. The lowest BCUT2D eigenvalue weighted by molar-refractivity contribution is -0.158. The fraction of sp³-hybridized carbons (Fsp3) is 0.348. The summed E-state index contributed by atoms with van der Waals surface area (Å²) in [5.41, 5.74) is 2.81. The molecule has 30 heavy (non-hydrogen) atoms. The summed E-state index contributed by atoms with van der Waals surface area (Å²) >= 11 is 1.17. The number of thioether (sulfide) groups is 1. The van der Waals surface area contributed by atoms with Crippen LogP contribution in [0.15, 0.2) is 54.6 Å². The maximum Gasteiger partial charge on any atom is 0.319 e. The number of hydrogen-bond donors (Lipinski definition) is 1. The second-order valence-electron chi connectivity index (χ2n) is 7.13. The molecule has 0 saturated carbocycles. The zero-order valence-corrected chi connectivity index (χ0v) is 18.6. The molecule has 0 aromatic heterocycles. The first-order valence-corrected chi connectivity index (χ1v) is 10.8. The number of rotatable bonds is 9. The summed E-state index contributed by atoms with van der Waals surface area (Å²) in [5.74, 6) is -0.880. The summed E-state index contributed by atoms with van der Waals surface area (Å²) in [4.78, 5) is 38.4. The van der Waals surface area contributed by atoms with Crippen molar-refractivity contribution < 1.29 is 19.1 Å². The van der Waals surface area contributed by atoms with Crippen molar-refractivity contribution in [2.24, 2.45) is 0 Å². The number of esters is 1. The molecular weight excluding hydrogens is 400 g/mol. The number of amides is 2. The van der Waals surface area contributed by atoms with Crippen molar-refractivity contribution in [2.75, 3.05) is 18.1 Å². The maximum atomic E-state index is 12.5. The van der Waals surface area contributed by atoms with Crippen LogP contribution in [0.4, 0.5) is 5.69 Å². The van der Waals surface area contributed by atoms with Crippen LogP contribution >= 0.6 is 11.8 Å². The van der Waals surface area contributed by atoms with Gasteiger partial charge in [-0.1, -0.05) is 48.0 Å². The van der Waals surface area contributed by atoms with E-state index in [0.29, 0.717) is 12.2 Å². The van der Waals surface area contributed by atoms with Crippen LogP contribution in [0.5, 0.6) is 0 Å². The summed E-state index contributed by atoms with van der Waals surface area (Å²) in [5, 5.41) is 2.22. The van der Waals surface area contributed by atoms with E-state index in [-0.39, 0.29) is 17.6 Å². The molecule has 0 aliphatic carbocycles. The topological polar surface area (TPSA) is 75.7 Å². The van der Waals surface area contributed by atoms with E-state index in [0.717, 1.165) is 11.1 Å². The molecule has 2 amide bonds. The minimum atomic E-state index is -0.893. The van der Waals surface area contributed by atoms with Gasteiger partial charge >= 0.3 is 5.97 Å². The van der Waals surface area contributed by atoms with Gasteiger partial charge in [0.15, 0.2) is 6.10 Å². The molecule has 0 aliphatic rings. The van der Waals surface area contributed by atoms with Gasteiger partial charge in [0, 0.05) is 19.3 Å². The standard InChI is InChI=1S/C23H28N2O4S/c1-16-10-12-20(13-11-16)24-21(26)15-30-18(3)23(28)29-17(2)22(27)25(4)14-19-8-6-5-7-9-19/h5-13,17-18H,14-15H2,1-4H3,(H,24,26). The highest BCUT2D eigenvalue weighted by Crippen LogP contribution is 2.15. The Bertz CT molecular complexity index is 855. The van der Waals surface area contributed by atoms with Gasteiger partial charge in [-0.2, -0.15) is 0 Å². The summed E-state index contributed by atoms with van der Waals surface area (Å²) in [6.45, 7) is 5.63. The monoisotopic (exact) mass is 428 g/mol. The number of hydrogen-bond acceptors (Lipinski definition) is 5. The molecule has 0 spiro atoms. The molecule has 160 valence electrons. The Balaban J connectivity index is 1.76.